The SMILES string of the molecule is CCc1cccc(OC(CNC(C)C)c2ccccc2)c1. The molecule has 1 N–H and O–H groups in total. The van der Waals surface area contributed by atoms with Crippen LogP contribution in [-0.4, -0.2) is 12.6 Å². The van der Waals surface area contributed by atoms with Gasteiger partial charge in [0.2, 0.25) is 0 Å². The average Bonchev–Trinajstić information content (AvgIpc) is 2.52. The van der Waals surface area contributed by atoms with Crippen LogP contribution >= 0.6 is 0 Å². The lowest BCUT2D eigenvalue weighted by Crippen LogP contribution is -2.30. The van der Waals surface area contributed by atoms with Crippen molar-refractivity contribution in [3.05, 3.63) is 65.7 Å². The lowest BCUT2D eigenvalue weighted by molar-refractivity contribution is 0.198. The first-order valence-corrected chi connectivity index (χ1v) is 7.73. The quantitative estimate of drug-likeness (QED) is 0.815. The molecule has 0 saturated heterocycles. The number of hydrogen-bond donors (Lipinski definition) is 1. The molecule has 0 aliphatic heterocycles. The molecular formula is C19H25NO. The van der Waals surface area contributed by atoms with E-state index in [9.17, 15) is 0 Å². The fourth-order valence-electron chi connectivity index (χ4n) is 2.24. The minimum atomic E-state index is 0.0284. The number of nitrogens with one attached hydrogen (secondary N) is 1. The first-order valence-electron chi connectivity index (χ1n) is 7.73. The summed E-state index contributed by atoms with van der Waals surface area (Å²) in [6.45, 7) is 7.27. The average molecular weight is 283 g/mol. The van der Waals surface area contributed by atoms with Gasteiger partial charge >= 0.3 is 0 Å². The molecule has 112 valence electrons. The molecule has 21 heavy (non-hydrogen) atoms. The second kappa shape index (κ2) is 7.84. The van der Waals surface area contributed by atoms with Gasteiger partial charge in [-0.05, 0) is 29.7 Å². The molecule has 0 amide bonds. The third-order valence-corrected chi connectivity index (χ3v) is 3.47. The van der Waals surface area contributed by atoms with Crippen LogP contribution in [0.3, 0.4) is 0 Å². The predicted molar refractivity (Wildman–Crippen MR) is 88.8 cm³/mol. The van der Waals surface area contributed by atoms with Crippen LogP contribution in [-0.2, 0) is 6.42 Å². The van der Waals surface area contributed by atoms with Gasteiger partial charge in [-0.1, -0.05) is 63.2 Å². The molecule has 0 bridgehead atoms. The van der Waals surface area contributed by atoms with E-state index in [0.717, 1.165) is 18.7 Å². The Morgan fingerprint density at radius 3 is 2.43 bits per heavy atom. The second-order valence-corrected chi connectivity index (χ2v) is 5.58. The highest BCUT2D eigenvalue weighted by Crippen LogP contribution is 2.22. The van der Waals surface area contributed by atoms with E-state index in [2.05, 4.69) is 68.6 Å². The zero-order chi connectivity index (χ0) is 15.1. The van der Waals surface area contributed by atoms with Crippen LogP contribution in [0.5, 0.6) is 5.75 Å². The molecule has 2 nitrogen and oxygen atoms in total. The summed E-state index contributed by atoms with van der Waals surface area (Å²) < 4.78 is 6.23. The van der Waals surface area contributed by atoms with E-state index in [-0.39, 0.29) is 6.10 Å². The van der Waals surface area contributed by atoms with Gasteiger partial charge < -0.3 is 10.1 Å². The third kappa shape index (κ3) is 4.91. The molecule has 0 heterocycles. The molecule has 2 aromatic carbocycles. The van der Waals surface area contributed by atoms with Gasteiger partial charge in [0.15, 0.2) is 0 Å². The minimum absolute atomic E-state index is 0.0284. The van der Waals surface area contributed by atoms with E-state index >= 15 is 0 Å². The second-order valence-electron chi connectivity index (χ2n) is 5.58. The summed E-state index contributed by atoms with van der Waals surface area (Å²) >= 11 is 0. The summed E-state index contributed by atoms with van der Waals surface area (Å²) in [6.07, 6.45) is 1.05. The van der Waals surface area contributed by atoms with Crippen LogP contribution in [0.2, 0.25) is 0 Å². The summed E-state index contributed by atoms with van der Waals surface area (Å²) in [7, 11) is 0. The Hall–Kier alpha value is -1.80. The van der Waals surface area contributed by atoms with E-state index in [0.29, 0.717) is 6.04 Å². The molecule has 0 saturated carbocycles. The number of hydrogen-bond acceptors (Lipinski definition) is 2. The van der Waals surface area contributed by atoms with Crippen molar-refractivity contribution in [1.82, 2.24) is 5.32 Å². The highest BCUT2D eigenvalue weighted by atomic mass is 16.5. The van der Waals surface area contributed by atoms with Gasteiger partial charge in [-0.15, -0.1) is 0 Å². The normalized spacial score (nSPS) is 12.4. The Morgan fingerprint density at radius 1 is 1.00 bits per heavy atom. The molecule has 0 radical (unpaired) electrons. The van der Waals surface area contributed by atoms with Crippen molar-refractivity contribution in [3.8, 4) is 5.75 Å². The van der Waals surface area contributed by atoms with E-state index in [1.807, 2.05) is 12.1 Å². The predicted octanol–water partition coefficient (Wildman–Crippen LogP) is 4.37. The molecule has 1 unspecified atom stereocenters. The Morgan fingerprint density at radius 2 is 1.76 bits per heavy atom. The van der Waals surface area contributed by atoms with Crippen molar-refractivity contribution in [2.75, 3.05) is 6.54 Å². The smallest absolute Gasteiger partial charge is 0.136 e. The van der Waals surface area contributed by atoms with Gasteiger partial charge in [0.05, 0.1) is 0 Å². The molecule has 0 fully saturated rings. The van der Waals surface area contributed by atoms with Gasteiger partial charge in [-0.3, -0.25) is 0 Å². The van der Waals surface area contributed by atoms with Gasteiger partial charge in [0.25, 0.3) is 0 Å². The summed E-state index contributed by atoms with van der Waals surface area (Å²) in [5.41, 5.74) is 2.50. The first-order chi connectivity index (χ1) is 10.2. The van der Waals surface area contributed by atoms with Gasteiger partial charge in [-0.2, -0.15) is 0 Å². The fourth-order valence-corrected chi connectivity index (χ4v) is 2.24. The van der Waals surface area contributed by atoms with Crippen molar-refractivity contribution >= 4 is 0 Å². The highest BCUT2D eigenvalue weighted by Gasteiger charge is 2.13. The number of ether oxygens (including phenoxy) is 1. The Labute approximate surface area is 128 Å². The van der Waals surface area contributed by atoms with Gasteiger partial charge in [0.1, 0.15) is 11.9 Å². The van der Waals surface area contributed by atoms with Crippen molar-refractivity contribution in [3.63, 3.8) is 0 Å². The lowest BCUT2D eigenvalue weighted by atomic mass is 10.1. The van der Waals surface area contributed by atoms with Gasteiger partial charge in [-0.25, -0.2) is 0 Å². The molecule has 0 aromatic heterocycles. The Kier molecular flexibility index (Phi) is 5.82. The fraction of sp³-hybridized carbons (Fsp3) is 0.368. The molecule has 0 aliphatic carbocycles. The largest absolute Gasteiger partial charge is 0.484 e. The minimum Gasteiger partial charge on any atom is -0.484 e. The number of benzene rings is 2. The van der Waals surface area contributed by atoms with E-state index < -0.39 is 0 Å². The summed E-state index contributed by atoms with van der Waals surface area (Å²) in [4.78, 5) is 0. The molecule has 2 rings (SSSR count). The maximum atomic E-state index is 6.23. The molecule has 2 aromatic rings. The molecule has 0 spiro atoms. The van der Waals surface area contributed by atoms with Crippen LogP contribution in [0.1, 0.15) is 38.0 Å². The van der Waals surface area contributed by atoms with E-state index in [1.165, 1.54) is 11.1 Å². The maximum Gasteiger partial charge on any atom is 0.136 e. The maximum absolute atomic E-state index is 6.23. The van der Waals surface area contributed by atoms with Crippen LogP contribution in [0.4, 0.5) is 0 Å². The summed E-state index contributed by atoms with van der Waals surface area (Å²) in [5.74, 6) is 0.939. The van der Waals surface area contributed by atoms with Crippen LogP contribution in [0.15, 0.2) is 54.6 Å². The van der Waals surface area contributed by atoms with Crippen LogP contribution in [0, 0.1) is 0 Å². The number of aryl methyl sites for hydroxylation is 1. The monoisotopic (exact) mass is 283 g/mol. The van der Waals surface area contributed by atoms with Gasteiger partial charge in [0, 0.05) is 12.6 Å². The van der Waals surface area contributed by atoms with Crippen molar-refractivity contribution < 1.29 is 4.74 Å². The molecule has 0 aliphatic rings. The zero-order valence-corrected chi connectivity index (χ0v) is 13.2. The summed E-state index contributed by atoms with van der Waals surface area (Å²) in [6, 6.07) is 19.2. The highest BCUT2D eigenvalue weighted by molar-refractivity contribution is 5.30. The van der Waals surface area contributed by atoms with Crippen molar-refractivity contribution in [1.29, 1.82) is 0 Å². The van der Waals surface area contributed by atoms with Crippen LogP contribution < -0.4 is 10.1 Å². The van der Waals surface area contributed by atoms with Crippen LogP contribution in [0.25, 0.3) is 0 Å². The summed E-state index contributed by atoms with van der Waals surface area (Å²) in [5, 5.41) is 3.47. The van der Waals surface area contributed by atoms with E-state index in [1.54, 1.807) is 0 Å². The lowest BCUT2D eigenvalue weighted by Gasteiger charge is -2.22. The Balaban J connectivity index is 2.15. The first kappa shape index (κ1) is 15.6. The van der Waals surface area contributed by atoms with Crippen molar-refractivity contribution in [2.45, 2.75) is 39.3 Å². The van der Waals surface area contributed by atoms with E-state index in [4.69, 9.17) is 4.74 Å². The Bertz CT molecular complexity index is 536. The molecule has 1 atom stereocenters. The zero-order valence-electron chi connectivity index (χ0n) is 13.2. The third-order valence-electron chi connectivity index (χ3n) is 3.47. The number of rotatable bonds is 7. The van der Waals surface area contributed by atoms with Crippen molar-refractivity contribution in [2.24, 2.45) is 0 Å². The molecule has 2 heteroatoms. The topological polar surface area (TPSA) is 21.3 Å². The molecular weight excluding hydrogens is 258 g/mol. The standard InChI is InChI=1S/C19H25NO/c1-4-16-9-8-12-18(13-16)21-19(14-20-15(2)3)17-10-6-5-7-11-17/h5-13,15,19-20H,4,14H2,1-3H3.